The Morgan fingerprint density at radius 3 is 2.74 bits per heavy atom. The van der Waals surface area contributed by atoms with Crippen molar-refractivity contribution >= 4 is 11.6 Å². The van der Waals surface area contributed by atoms with E-state index in [4.69, 9.17) is 11.6 Å². The molecule has 0 aromatic carbocycles. The summed E-state index contributed by atoms with van der Waals surface area (Å²) in [6.45, 7) is 10.6. The van der Waals surface area contributed by atoms with E-state index in [0.717, 1.165) is 36.0 Å². The molecular formula is C14H25ClN4. The quantitative estimate of drug-likeness (QED) is 0.781. The third kappa shape index (κ3) is 3.94. The predicted molar refractivity (Wildman–Crippen MR) is 79.6 cm³/mol. The van der Waals surface area contributed by atoms with Gasteiger partial charge in [-0.1, -0.05) is 11.6 Å². The van der Waals surface area contributed by atoms with Gasteiger partial charge in [0.25, 0.3) is 0 Å². The molecule has 1 aliphatic heterocycles. The lowest BCUT2D eigenvalue weighted by Crippen LogP contribution is -2.25. The summed E-state index contributed by atoms with van der Waals surface area (Å²) in [4.78, 5) is 2.55. The second kappa shape index (κ2) is 7.27. The summed E-state index contributed by atoms with van der Waals surface area (Å²) in [7, 11) is 0. The number of halogens is 1. The first-order valence-electron chi connectivity index (χ1n) is 7.37. The molecule has 0 amide bonds. The van der Waals surface area contributed by atoms with E-state index in [1.54, 1.807) is 0 Å². The van der Waals surface area contributed by atoms with Gasteiger partial charge >= 0.3 is 0 Å². The Morgan fingerprint density at radius 2 is 2.05 bits per heavy atom. The molecule has 4 nitrogen and oxygen atoms in total. The fourth-order valence-electron chi connectivity index (χ4n) is 2.68. The minimum atomic E-state index is 0.813. The molecule has 1 aromatic heterocycles. The van der Waals surface area contributed by atoms with Crippen molar-refractivity contribution in [3.63, 3.8) is 0 Å². The molecule has 19 heavy (non-hydrogen) atoms. The Kier molecular flexibility index (Phi) is 5.67. The van der Waals surface area contributed by atoms with E-state index in [2.05, 4.69) is 22.2 Å². The van der Waals surface area contributed by atoms with Crippen molar-refractivity contribution in [3.05, 3.63) is 16.4 Å². The lowest BCUT2D eigenvalue weighted by molar-refractivity contribution is 0.330. The first-order chi connectivity index (χ1) is 9.22. The van der Waals surface area contributed by atoms with Crippen LogP contribution in [0.25, 0.3) is 0 Å². The Morgan fingerprint density at radius 1 is 1.32 bits per heavy atom. The summed E-state index contributed by atoms with van der Waals surface area (Å²) in [6.07, 6.45) is 3.95. The molecule has 0 radical (unpaired) electrons. The maximum absolute atomic E-state index is 6.28. The Hall–Kier alpha value is -0.580. The van der Waals surface area contributed by atoms with Crippen molar-refractivity contribution in [2.45, 2.75) is 46.2 Å². The maximum atomic E-state index is 6.28. The number of nitrogens with zero attached hydrogens (tertiary/aromatic N) is 3. The van der Waals surface area contributed by atoms with Crippen molar-refractivity contribution in [2.24, 2.45) is 0 Å². The molecule has 0 aliphatic carbocycles. The molecule has 0 spiro atoms. The fourth-order valence-corrected chi connectivity index (χ4v) is 2.88. The van der Waals surface area contributed by atoms with Crippen LogP contribution in [0.3, 0.4) is 0 Å². The molecule has 0 saturated carbocycles. The highest BCUT2D eigenvalue weighted by atomic mass is 35.5. The molecule has 108 valence electrons. The first-order valence-corrected chi connectivity index (χ1v) is 7.75. The summed E-state index contributed by atoms with van der Waals surface area (Å²) in [5.41, 5.74) is 2.04. The lowest BCUT2D eigenvalue weighted by atomic mass is 10.3. The van der Waals surface area contributed by atoms with Gasteiger partial charge in [0.1, 0.15) is 0 Å². The Bertz CT molecular complexity index is 396. The molecule has 2 heterocycles. The van der Waals surface area contributed by atoms with Crippen LogP contribution in [0.5, 0.6) is 0 Å². The van der Waals surface area contributed by atoms with Gasteiger partial charge in [-0.3, -0.25) is 4.68 Å². The molecule has 0 unspecified atom stereocenters. The van der Waals surface area contributed by atoms with Gasteiger partial charge in [0, 0.05) is 13.1 Å². The first kappa shape index (κ1) is 14.8. The van der Waals surface area contributed by atoms with E-state index in [0.29, 0.717) is 0 Å². The maximum Gasteiger partial charge on any atom is 0.0860 e. The van der Waals surface area contributed by atoms with E-state index in [9.17, 15) is 0 Å². The highest BCUT2D eigenvalue weighted by molar-refractivity contribution is 6.31. The summed E-state index contributed by atoms with van der Waals surface area (Å²) in [6, 6.07) is 0. The molecule has 0 bridgehead atoms. The van der Waals surface area contributed by atoms with E-state index in [1.165, 1.54) is 38.9 Å². The molecule has 1 saturated heterocycles. The minimum absolute atomic E-state index is 0.813. The molecule has 1 N–H and O–H groups in total. The monoisotopic (exact) mass is 284 g/mol. The van der Waals surface area contributed by atoms with Gasteiger partial charge in [-0.05, 0) is 59.3 Å². The number of rotatable bonds is 7. The number of hydrogen-bond donors (Lipinski definition) is 1. The van der Waals surface area contributed by atoms with Gasteiger partial charge in [0.15, 0.2) is 0 Å². The van der Waals surface area contributed by atoms with Crippen LogP contribution in [0, 0.1) is 6.92 Å². The van der Waals surface area contributed by atoms with Gasteiger partial charge in [-0.25, -0.2) is 0 Å². The van der Waals surface area contributed by atoms with Gasteiger partial charge < -0.3 is 10.2 Å². The number of aryl methyl sites for hydroxylation is 2. The van der Waals surface area contributed by atoms with Crippen molar-refractivity contribution in [2.75, 3.05) is 26.2 Å². The van der Waals surface area contributed by atoms with Gasteiger partial charge in [0.05, 0.1) is 16.4 Å². The molecule has 1 fully saturated rings. The second-order valence-corrected chi connectivity index (χ2v) is 5.62. The summed E-state index contributed by atoms with van der Waals surface area (Å²) in [5, 5.41) is 8.72. The van der Waals surface area contributed by atoms with Crippen molar-refractivity contribution in [1.82, 2.24) is 20.0 Å². The average molecular weight is 285 g/mol. The van der Waals surface area contributed by atoms with E-state index in [1.807, 2.05) is 11.6 Å². The standard InChI is InChI=1S/C14H25ClN4/c1-3-19-13(14(15)12(2)17-19)11-16-7-6-10-18-8-4-5-9-18/h16H,3-11H2,1-2H3. The number of aromatic nitrogens is 2. The third-order valence-corrected chi connectivity index (χ3v) is 4.26. The van der Waals surface area contributed by atoms with Crippen molar-refractivity contribution in [3.8, 4) is 0 Å². The van der Waals surface area contributed by atoms with Crippen molar-refractivity contribution < 1.29 is 0 Å². The van der Waals surface area contributed by atoms with Gasteiger partial charge in [0.2, 0.25) is 0 Å². The third-order valence-electron chi connectivity index (χ3n) is 3.77. The van der Waals surface area contributed by atoms with Crippen LogP contribution < -0.4 is 5.32 Å². The molecule has 2 rings (SSSR count). The SMILES string of the molecule is CCn1nc(C)c(Cl)c1CNCCCN1CCCC1. The normalized spacial score (nSPS) is 16.4. The summed E-state index contributed by atoms with van der Waals surface area (Å²) < 4.78 is 1.99. The lowest BCUT2D eigenvalue weighted by Gasteiger charge is -2.14. The van der Waals surface area contributed by atoms with E-state index >= 15 is 0 Å². The molecule has 5 heteroatoms. The van der Waals surface area contributed by atoms with E-state index in [-0.39, 0.29) is 0 Å². The molecule has 1 aromatic rings. The average Bonchev–Trinajstić information content (AvgIpc) is 3.01. The number of hydrogen-bond acceptors (Lipinski definition) is 3. The van der Waals surface area contributed by atoms with Crippen LogP contribution in [0.2, 0.25) is 5.02 Å². The zero-order chi connectivity index (χ0) is 13.7. The highest BCUT2D eigenvalue weighted by Crippen LogP contribution is 2.19. The Labute approximate surface area is 121 Å². The van der Waals surface area contributed by atoms with Gasteiger partial charge in [-0.2, -0.15) is 5.10 Å². The summed E-state index contributed by atoms with van der Waals surface area (Å²) >= 11 is 6.28. The second-order valence-electron chi connectivity index (χ2n) is 5.24. The van der Waals surface area contributed by atoms with E-state index < -0.39 is 0 Å². The zero-order valence-electron chi connectivity index (χ0n) is 12.1. The predicted octanol–water partition coefficient (Wildman–Crippen LogP) is 2.44. The topological polar surface area (TPSA) is 33.1 Å². The van der Waals surface area contributed by atoms with Crippen LogP contribution in [-0.2, 0) is 13.1 Å². The largest absolute Gasteiger partial charge is 0.311 e. The highest BCUT2D eigenvalue weighted by Gasteiger charge is 2.12. The molecule has 0 atom stereocenters. The van der Waals surface area contributed by atoms with Gasteiger partial charge in [-0.15, -0.1) is 0 Å². The number of likely N-dealkylation sites (tertiary alicyclic amines) is 1. The Balaban J connectivity index is 1.70. The molecule has 1 aliphatic rings. The van der Waals surface area contributed by atoms with Crippen molar-refractivity contribution in [1.29, 1.82) is 0 Å². The van der Waals surface area contributed by atoms with Crippen LogP contribution in [0.4, 0.5) is 0 Å². The van der Waals surface area contributed by atoms with Crippen LogP contribution in [-0.4, -0.2) is 40.9 Å². The zero-order valence-corrected chi connectivity index (χ0v) is 12.8. The number of nitrogens with one attached hydrogen (secondary N) is 1. The summed E-state index contributed by atoms with van der Waals surface area (Å²) in [5.74, 6) is 0. The fraction of sp³-hybridized carbons (Fsp3) is 0.786. The minimum Gasteiger partial charge on any atom is -0.311 e. The van der Waals surface area contributed by atoms with Crippen LogP contribution >= 0.6 is 11.6 Å². The van der Waals surface area contributed by atoms with Crippen LogP contribution in [0.15, 0.2) is 0 Å². The van der Waals surface area contributed by atoms with Crippen LogP contribution in [0.1, 0.15) is 37.6 Å². The molecular weight excluding hydrogens is 260 g/mol. The smallest absolute Gasteiger partial charge is 0.0860 e.